The Labute approximate surface area is 202 Å². The number of halogens is 1. The number of hydrogen-bond acceptors (Lipinski definition) is 3. The Morgan fingerprint density at radius 1 is 0.765 bits per heavy atom. The van der Waals surface area contributed by atoms with Gasteiger partial charge in [-0.25, -0.2) is 9.18 Å². The Bertz CT molecular complexity index is 1200. The Balaban J connectivity index is 1.49. The molecule has 0 spiro atoms. The lowest BCUT2D eigenvalue weighted by Gasteiger charge is -2.25. The van der Waals surface area contributed by atoms with Crippen LogP contribution < -0.4 is 4.74 Å². The molecule has 4 aromatic carbocycles. The van der Waals surface area contributed by atoms with Crippen molar-refractivity contribution in [3.63, 3.8) is 0 Å². The summed E-state index contributed by atoms with van der Waals surface area (Å²) in [6.45, 7) is 3.21. The molecule has 0 aliphatic carbocycles. The van der Waals surface area contributed by atoms with Crippen molar-refractivity contribution in [2.45, 2.75) is 34.1 Å². The maximum absolute atomic E-state index is 13.6. The van der Waals surface area contributed by atoms with Gasteiger partial charge in [-0.3, -0.25) is 0 Å². The molecule has 0 aromatic heterocycles. The average Bonchev–Trinajstić information content (AvgIpc) is 2.84. The third-order valence-electron chi connectivity index (χ3n) is 5.24. The van der Waals surface area contributed by atoms with Gasteiger partial charge < -0.3 is 9.47 Å². The van der Waals surface area contributed by atoms with Crippen molar-refractivity contribution < 1.29 is 18.7 Å². The van der Waals surface area contributed by atoms with Crippen molar-refractivity contribution in [3.8, 4) is 5.75 Å². The lowest BCUT2D eigenvalue weighted by molar-refractivity contribution is -0.159. The lowest BCUT2D eigenvalue weighted by atomic mass is 9.98. The van der Waals surface area contributed by atoms with Crippen LogP contribution in [0.5, 0.6) is 5.75 Å². The molecule has 3 nitrogen and oxygen atoms in total. The largest absolute Gasteiger partial charge is 0.482 e. The number of ether oxygens (including phenoxy) is 2. The maximum atomic E-state index is 13.6. The highest BCUT2D eigenvalue weighted by molar-refractivity contribution is 7.97. The molecule has 0 N–H and O–H groups in total. The fourth-order valence-electron chi connectivity index (χ4n) is 3.59. The van der Waals surface area contributed by atoms with Gasteiger partial charge in [-0.1, -0.05) is 54.6 Å². The third-order valence-corrected chi connectivity index (χ3v) is 7.46. The van der Waals surface area contributed by atoms with Gasteiger partial charge in [0.15, 0.2) is 21.3 Å². The van der Waals surface area contributed by atoms with Gasteiger partial charge in [-0.15, -0.1) is 0 Å². The maximum Gasteiger partial charge on any atom is 0.345 e. The molecule has 0 bridgehead atoms. The van der Waals surface area contributed by atoms with Crippen LogP contribution in [0, 0.1) is 5.82 Å². The van der Waals surface area contributed by atoms with E-state index in [0.717, 1.165) is 4.90 Å². The zero-order chi connectivity index (χ0) is 24.0. The van der Waals surface area contributed by atoms with Gasteiger partial charge in [0.05, 0.1) is 10.9 Å². The van der Waals surface area contributed by atoms with E-state index in [9.17, 15) is 9.18 Å². The van der Waals surface area contributed by atoms with Crippen LogP contribution >= 0.6 is 0 Å². The quantitative estimate of drug-likeness (QED) is 0.209. The second-order valence-electron chi connectivity index (χ2n) is 8.19. The Morgan fingerprint density at radius 2 is 1.35 bits per heavy atom. The van der Waals surface area contributed by atoms with Crippen LogP contribution in [0.4, 0.5) is 4.39 Å². The fourth-order valence-corrected chi connectivity index (χ4v) is 5.71. The van der Waals surface area contributed by atoms with Crippen molar-refractivity contribution in [1.29, 1.82) is 0 Å². The van der Waals surface area contributed by atoms with Gasteiger partial charge >= 0.3 is 5.97 Å². The van der Waals surface area contributed by atoms with Crippen LogP contribution in [0.25, 0.3) is 0 Å². The number of esters is 1. The number of carbonyl (C=O) groups is 1. The number of hydrogen-bond donors (Lipinski definition) is 0. The Hall–Kier alpha value is -3.57. The predicted octanol–water partition coefficient (Wildman–Crippen LogP) is 6.78. The number of rotatable bonds is 8. The van der Waals surface area contributed by atoms with Crippen LogP contribution in [0.1, 0.15) is 19.4 Å². The van der Waals surface area contributed by atoms with Crippen LogP contribution in [0.2, 0.25) is 0 Å². The van der Waals surface area contributed by atoms with Gasteiger partial charge in [0.2, 0.25) is 0 Å². The second kappa shape index (κ2) is 10.6. The molecule has 4 rings (SSSR count). The molecule has 0 atom stereocenters. The molecule has 0 radical (unpaired) electrons. The first kappa shape index (κ1) is 23.6. The minimum atomic E-state index is -0.975. The van der Waals surface area contributed by atoms with Crippen LogP contribution in [-0.4, -0.2) is 12.6 Å². The molecule has 0 aliphatic rings. The fraction of sp³-hybridized carbons (Fsp3) is 0.138. The van der Waals surface area contributed by atoms with E-state index in [0.29, 0.717) is 11.3 Å². The van der Waals surface area contributed by atoms with Crippen molar-refractivity contribution in [1.82, 2.24) is 0 Å². The zero-order valence-corrected chi connectivity index (χ0v) is 19.9. The molecule has 0 saturated carbocycles. The highest BCUT2D eigenvalue weighted by atomic mass is 32.2. The average molecular weight is 474 g/mol. The normalized spacial score (nSPS) is 11.3. The molecule has 0 fully saturated rings. The van der Waals surface area contributed by atoms with Crippen molar-refractivity contribution in [3.05, 3.63) is 121 Å². The zero-order valence-electron chi connectivity index (χ0n) is 19.1. The van der Waals surface area contributed by atoms with Crippen LogP contribution in [0.3, 0.4) is 0 Å². The van der Waals surface area contributed by atoms with E-state index in [1.807, 2.05) is 54.6 Å². The molecular formula is C29H26FO3S+. The van der Waals surface area contributed by atoms with Gasteiger partial charge in [0.25, 0.3) is 0 Å². The molecule has 0 saturated heterocycles. The first-order valence-corrected chi connectivity index (χ1v) is 12.2. The van der Waals surface area contributed by atoms with Gasteiger partial charge in [-0.05, 0) is 67.9 Å². The number of carbonyl (C=O) groups excluding carboxylic acids is 1. The summed E-state index contributed by atoms with van der Waals surface area (Å²) in [4.78, 5) is 16.0. The standard InChI is InChI=1S/C29H26FO3S/c1-29(2,22-11-9-12-23(30)19-22)33-28(31)21-32-24-13-10-18-27(20-24)34(25-14-5-3-6-15-25)26-16-7-4-8-17-26/h3-20H,21H2,1-2H3/q+1. The first-order valence-electron chi connectivity index (χ1n) is 11.0. The molecule has 4 aromatic rings. The Kier molecular flexibility index (Phi) is 7.33. The topological polar surface area (TPSA) is 35.5 Å². The van der Waals surface area contributed by atoms with E-state index < -0.39 is 11.6 Å². The van der Waals surface area contributed by atoms with Crippen LogP contribution in [0.15, 0.2) is 124 Å². The molecule has 0 heterocycles. The minimum absolute atomic E-state index is 0.243. The van der Waals surface area contributed by atoms with Crippen molar-refractivity contribution >= 4 is 16.9 Å². The number of benzene rings is 4. The summed E-state index contributed by atoms with van der Waals surface area (Å²) < 4.78 is 25.0. The van der Waals surface area contributed by atoms with Crippen molar-refractivity contribution in [2.75, 3.05) is 6.61 Å². The van der Waals surface area contributed by atoms with E-state index in [1.165, 1.54) is 21.9 Å². The summed E-state index contributed by atoms with van der Waals surface area (Å²) in [5.41, 5.74) is -0.394. The second-order valence-corrected chi connectivity index (χ2v) is 10.2. The smallest absolute Gasteiger partial charge is 0.345 e. The van der Waals surface area contributed by atoms with E-state index in [-0.39, 0.29) is 23.3 Å². The summed E-state index contributed by atoms with van der Waals surface area (Å²) in [5, 5.41) is 0. The third kappa shape index (κ3) is 5.86. The Morgan fingerprint density at radius 3 is 1.97 bits per heavy atom. The lowest BCUT2D eigenvalue weighted by Crippen LogP contribution is -2.28. The molecular weight excluding hydrogens is 447 g/mol. The van der Waals surface area contributed by atoms with Crippen molar-refractivity contribution in [2.24, 2.45) is 0 Å². The van der Waals surface area contributed by atoms with E-state index in [1.54, 1.807) is 26.0 Å². The summed E-state index contributed by atoms with van der Waals surface area (Å²) in [5.74, 6) is -0.311. The molecule has 0 unspecified atom stereocenters. The monoisotopic (exact) mass is 473 g/mol. The van der Waals surface area contributed by atoms with E-state index in [2.05, 4.69) is 30.3 Å². The molecule has 172 valence electrons. The predicted molar refractivity (Wildman–Crippen MR) is 133 cm³/mol. The van der Waals surface area contributed by atoms with Crippen LogP contribution in [-0.2, 0) is 26.0 Å². The molecule has 5 heteroatoms. The minimum Gasteiger partial charge on any atom is -0.482 e. The summed E-state index contributed by atoms with van der Waals surface area (Å²) in [6, 6.07) is 34.5. The summed E-state index contributed by atoms with van der Waals surface area (Å²) in [6.07, 6.45) is 0. The highest BCUT2D eigenvalue weighted by Gasteiger charge is 2.29. The highest BCUT2D eigenvalue weighted by Crippen LogP contribution is 2.33. The van der Waals surface area contributed by atoms with Gasteiger partial charge in [0, 0.05) is 6.07 Å². The van der Waals surface area contributed by atoms with Gasteiger partial charge in [0.1, 0.15) is 17.2 Å². The molecule has 0 amide bonds. The van der Waals surface area contributed by atoms with Gasteiger partial charge in [-0.2, -0.15) is 0 Å². The molecule has 34 heavy (non-hydrogen) atoms. The van der Waals surface area contributed by atoms with E-state index >= 15 is 0 Å². The molecule has 0 aliphatic heterocycles. The summed E-state index contributed by atoms with van der Waals surface area (Å²) >= 11 is 0. The van der Waals surface area contributed by atoms with E-state index in [4.69, 9.17) is 9.47 Å². The summed E-state index contributed by atoms with van der Waals surface area (Å²) in [7, 11) is -0.314. The first-order chi connectivity index (χ1) is 16.4. The SMILES string of the molecule is CC(C)(OC(=O)COc1cccc([S+](c2ccccc2)c2ccccc2)c1)c1cccc(F)c1.